The lowest BCUT2D eigenvalue weighted by Gasteiger charge is -2.09. The monoisotopic (exact) mass is 395 g/mol. The SMILES string of the molecule is O=C(Nc1ccc([N+](=O)[O-])cc1Cl)c1cccc(S(=O)(=O)NC2CC2)c1. The average molecular weight is 396 g/mol. The number of benzene rings is 2. The molecule has 0 radical (unpaired) electrons. The molecule has 0 bridgehead atoms. The molecule has 0 heterocycles. The predicted octanol–water partition coefficient (Wildman–Crippen LogP) is 2.94. The number of hydrogen-bond donors (Lipinski definition) is 2. The molecule has 0 aliphatic heterocycles. The first-order valence-electron chi connectivity index (χ1n) is 7.64. The third-order valence-electron chi connectivity index (χ3n) is 3.72. The van der Waals surface area contributed by atoms with Crippen LogP contribution in [0.2, 0.25) is 5.02 Å². The molecule has 3 rings (SSSR count). The number of carbonyl (C=O) groups is 1. The number of hydrogen-bond acceptors (Lipinski definition) is 5. The zero-order chi connectivity index (χ0) is 18.9. The van der Waals surface area contributed by atoms with Gasteiger partial charge in [0.2, 0.25) is 10.0 Å². The first-order valence-corrected chi connectivity index (χ1v) is 9.50. The topological polar surface area (TPSA) is 118 Å². The Hall–Kier alpha value is -2.49. The Balaban J connectivity index is 1.80. The molecule has 2 aromatic rings. The minimum Gasteiger partial charge on any atom is -0.321 e. The van der Waals surface area contributed by atoms with Gasteiger partial charge in [0.15, 0.2) is 0 Å². The van der Waals surface area contributed by atoms with Gasteiger partial charge in [-0.15, -0.1) is 0 Å². The van der Waals surface area contributed by atoms with E-state index < -0.39 is 20.9 Å². The van der Waals surface area contributed by atoms with Crippen molar-refractivity contribution in [3.05, 3.63) is 63.2 Å². The summed E-state index contributed by atoms with van der Waals surface area (Å²) >= 11 is 5.95. The van der Waals surface area contributed by atoms with Crippen molar-refractivity contribution >= 4 is 38.9 Å². The summed E-state index contributed by atoms with van der Waals surface area (Å²) in [5, 5.41) is 13.2. The highest BCUT2D eigenvalue weighted by atomic mass is 35.5. The molecule has 1 amide bonds. The standard InChI is InChI=1S/C16H14ClN3O5S/c17-14-9-12(20(22)23)6-7-15(14)18-16(21)10-2-1-3-13(8-10)26(24,25)19-11-4-5-11/h1-3,6-9,11,19H,4-5H2,(H,18,21). The van der Waals surface area contributed by atoms with Crippen LogP contribution in [-0.2, 0) is 10.0 Å². The van der Waals surface area contributed by atoms with E-state index in [2.05, 4.69) is 10.0 Å². The summed E-state index contributed by atoms with van der Waals surface area (Å²) in [5.74, 6) is -0.579. The fourth-order valence-electron chi connectivity index (χ4n) is 2.21. The van der Waals surface area contributed by atoms with Crippen molar-refractivity contribution in [2.45, 2.75) is 23.8 Å². The van der Waals surface area contributed by atoms with E-state index in [1.807, 2.05) is 0 Å². The Bertz CT molecular complexity index is 989. The summed E-state index contributed by atoms with van der Waals surface area (Å²) in [7, 11) is -3.68. The van der Waals surface area contributed by atoms with Crippen LogP contribution < -0.4 is 10.0 Å². The summed E-state index contributed by atoms with van der Waals surface area (Å²) in [4.78, 5) is 22.5. The van der Waals surface area contributed by atoms with Crippen molar-refractivity contribution in [1.82, 2.24) is 4.72 Å². The second-order valence-electron chi connectivity index (χ2n) is 5.80. The van der Waals surface area contributed by atoms with Crippen LogP contribution in [0.1, 0.15) is 23.2 Å². The maximum atomic E-state index is 12.4. The van der Waals surface area contributed by atoms with E-state index in [1.54, 1.807) is 0 Å². The highest BCUT2D eigenvalue weighted by molar-refractivity contribution is 7.89. The molecule has 136 valence electrons. The number of carbonyl (C=O) groups excluding carboxylic acids is 1. The fraction of sp³-hybridized carbons (Fsp3) is 0.188. The van der Waals surface area contributed by atoms with E-state index in [-0.39, 0.29) is 32.9 Å². The number of amides is 1. The number of nitrogens with one attached hydrogen (secondary N) is 2. The van der Waals surface area contributed by atoms with Crippen LogP contribution in [-0.4, -0.2) is 25.3 Å². The van der Waals surface area contributed by atoms with E-state index in [0.717, 1.165) is 18.9 Å². The Morgan fingerprint density at radius 1 is 1.19 bits per heavy atom. The van der Waals surface area contributed by atoms with E-state index >= 15 is 0 Å². The van der Waals surface area contributed by atoms with Crippen molar-refractivity contribution in [2.24, 2.45) is 0 Å². The molecule has 8 nitrogen and oxygen atoms in total. The zero-order valence-corrected chi connectivity index (χ0v) is 14.9. The summed E-state index contributed by atoms with van der Waals surface area (Å²) in [6.45, 7) is 0. The fourth-order valence-corrected chi connectivity index (χ4v) is 3.78. The molecule has 0 spiro atoms. The summed E-state index contributed by atoms with van der Waals surface area (Å²) in [5.41, 5.74) is 0.108. The van der Waals surface area contributed by atoms with Gasteiger partial charge in [0.05, 0.1) is 20.5 Å². The number of nitro groups is 1. The van der Waals surface area contributed by atoms with Gasteiger partial charge in [-0.3, -0.25) is 14.9 Å². The first-order chi connectivity index (χ1) is 12.3. The van der Waals surface area contributed by atoms with Crippen LogP contribution in [0.5, 0.6) is 0 Å². The first kappa shape index (κ1) is 18.3. The van der Waals surface area contributed by atoms with Crippen molar-refractivity contribution < 1.29 is 18.1 Å². The van der Waals surface area contributed by atoms with Gasteiger partial charge in [-0.2, -0.15) is 0 Å². The minimum atomic E-state index is -3.68. The molecule has 0 atom stereocenters. The van der Waals surface area contributed by atoms with Crippen LogP contribution in [0.4, 0.5) is 11.4 Å². The molecule has 1 saturated carbocycles. The molecule has 0 aromatic heterocycles. The van der Waals surface area contributed by atoms with E-state index in [1.165, 1.54) is 36.4 Å². The number of nitro benzene ring substituents is 1. The number of non-ortho nitro benzene ring substituents is 1. The van der Waals surface area contributed by atoms with E-state index in [4.69, 9.17) is 11.6 Å². The second-order valence-corrected chi connectivity index (χ2v) is 7.92. The summed E-state index contributed by atoms with van der Waals surface area (Å²) < 4.78 is 27.0. The molecule has 1 fully saturated rings. The van der Waals surface area contributed by atoms with Crippen molar-refractivity contribution in [1.29, 1.82) is 0 Å². The van der Waals surface area contributed by atoms with Gasteiger partial charge < -0.3 is 5.32 Å². The van der Waals surface area contributed by atoms with Crippen molar-refractivity contribution in [3.63, 3.8) is 0 Å². The quantitative estimate of drug-likeness (QED) is 0.575. The lowest BCUT2D eigenvalue weighted by atomic mass is 10.2. The molecule has 2 aromatic carbocycles. The number of nitrogens with zero attached hydrogens (tertiary/aromatic N) is 1. The maximum absolute atomic E-state index is 12.4. The van der Waals surface area contributed by atoms with Crippen LogP contribution in [0.25, 0.3) is 0 Å². The third-order valence-corrected chi connectivity index (χ3v) is 5.55. The highest BCUT2D eigenvalue weighted by Gasteiger charge is 2.28. The maximum Gasteiger partial charge on any atom is 0.271 e. The average Bonchev–Trinajstić information content (AvgIpc) is 3.40. The van der Waals surface area contributed by atoms with Crippen LogP contribution in [0.15, 0.2) is 47.4 Å². The Morgan fingerprint density at radius 2 is 1.92 bits per heavy atom. The van der Waals surface area contributed by atoms with Crippen molar-refractivity contribution in [3.8, 4) is 0 Å². The lowest BCUT2D eigenvalue weighted by molar-refractivity contribution is -0.384. The number of anilines is 1. The third kappa shape index (κ3) is 4.18. The molecular formula is C16H14ClN3O5S. The summed E-state index contributed by atoms with van der Waals surface area (Å²) in [6.07, 6.45) is 1.61. The van der Waals surface area contributed by atoms with Gasteiger partial charge >= 0.3 is 0 Å². The molecular weight excluding hydrogens is 382 g/mol. The van der Waals surface area contributed by atoms with Gasteiger partial charge in [-0.05, 0) is 37.1 Å². The van der Waals surface area contributed by atoms with Crippen molar-refractivity contribution in [2.75, 3.05) is 5.32 Å². The van der Waals surface area contributed by atoms with Crippen LogP contribution in [0, 0.1) is 10.1 Å². The molecule has 0 saturated heterocycles. The summed E-state index contributed by atoms with van der Waals surface area (Å²) in [6, 6.07) is 9.20. The van der Waals surface area contributed by atoms with Gasteiger partial charge in [-0.1, -0.05) is 17.7 Å². The second kappa shape index (κ2) is 7.02. The number of rotatable bonds is 6. The molecule has 1 aliphatic carbocycles. The Labute approximate surface area is 154 Å². The van der Waals surface area contributed by atoms with Gasteiger partial charge in [0.25, 0.3) is 11.6 Å². The normalized spacial score (nSPS) is 14.0. The molecule has 0 unspecified atom stereocenters. The number of halogens is 1. The van der Waals surface area contributed by atoms with E-state index in [9.17, 15) is 23.3 Å². The molecule has 26 heavy (non-hydrogen) atoms. The minimum absolute atomic E-state index is 0.00623. The largest absolute Gasteiger partial charge is 0.321 e. The Kier molecular flexibility index (Phi) is 4.94. The number of sulfonamides is 1. The Morgan fingerprint density at radius 3 is 2.54 bits per heavy atom. The predicted molar refractivity (Wildman–Crippen MR) is 95.8 cm³/mol. The van der Waals surface area contributed by atoms with Crippen LogP contribution in [0.3, 0.4) is 0 Å². The van der Waals surface area contributed by atoms with Gasteiger partial charge in [0.1, 0.15) is 0 Å². The van der Waals surface area contributed by atoms with Gasteiger partial charge in [-0.25, -0.2) is 13.1 Å². The zero-order valence-electron chi connectivity index (χ0n) is 13.3. The smallest absolute Gasteiger partial charge is 0.271 e. The molecule has 2 N–H and O–H groups in total. The lowest BCUT2D eigenvalue weighted by Crippen LogP contribution is -2.26. The molecule has 10 heteroatoms. The highest BCUT2D eigenvalue weighted by Crippen LogP contribution is 2.27. The van der Waals surface area contributed by atoms with Gasteiger partial charge in [0, 0.05) is 23.7 Å². The van der Waals surface area contributed by atoms with Crippen LogP contribution >= 0.6 is 11.6 Å². The van der Waals surface area contributed by atoms with E-state index in [0.29, 0.717) is 0 Å². The molecule has 1 aliphatic rings.